The van der Waals surface area contributed by atoms with E-state index >= 15 is 0 Å². The minimum Gasteiger partial charge on any atom is -0.479 e. The third-order valence-electron chi connectivity index (χ3n) is 4.10. The maximum atomic E-state index is 12.9. The van der Waals surface area contributed by atoms with Crippen LogP contribution in [0.15, 0.2) is 48.0 Å². The normalized spacial score (nSPS) is 16.4. The molecule has 1 atom stereocenters. The molecule has 2 N–H and O–H groups in total. The molecule has 3 rings (SSSR count). The van der Waals surface area contributed by atoms with E-state index in [4.69, 9.17) is 33.0 Å². The number of barbiturate groups is 1. The van der Waals surface area contributed by atoms with E-state index < -0.39 is 29.9 Å². The Kier molecular flexibility index (Phi) is 6.09. The van der Waals surface area contributed by atoms with Crippen LogP contribution in [0.2, 0.25) is 10.0 Å². The summed E-state index contributed by atoms with van der Waals surface area (Å²) in [5.41, 5.74) is 0.252. The van der Waals surface area contributed by atoms with Gasteiger partial charge in [-0.1, -0.05) is 35.3 Å². The smallest absolute Gasteiger partial charge is 0.344 e. The highest BCUT2D eigenvalue weighted by atomic mass is 35.5. The number of imide groups is 2. The molecule has 154 valence electrons. The van der Waals surface area contributed by atoms with Gasteiger partial charge >= 0.3 is 12.0 Å². The predicted octanol–water partition coefficient (Wildman–Crippen LogP) is 3.51. The van der Waals surface area contributed by atoms with Crippen molar-refractivity contribution in [3.63, 3.8) is 0 Å². The number of carbonyl (C=O) groups excluding carboxylic acids is 3. The lowest BCUT2D eigenvalue weighted by Crippen LogP contribution is -2.54. The number of hydrogen-bond donors (Lipinski definition) is 2. The van der Waals surface area contributed by atoms with Gasteiger partial charge in [0, 0.05) is 5.02 Å². The predicted molar refractivity (Wildman–Crippen MR) is 110 cm³/mol. The first-order valence-electron chi connectivity index (χ1n) is 8.53. The summed E-state index contributed by atoms with van der Waals surface area (Å²) in [6.07, 6.45) is 0.259. The molecular weight excluding hydrogens is 435 g/mol. The molecule has 1 aliphatic heterocycles. The summed E-state index contributed by atoms with van der Waals surface area (Å²) < 4.78 is 5.23. The van der Waals surface area contributed by atoms with Gasteiger partial charge in [0.05, 0.1) is 10.7 Å². The molecule has 0 unspecified atom stereocenters. The number of hydrogen-bond acceptors (Lipinski definition) is 5. The molecule has 30 heavy (non-hydrogen) atoms. The van der Waals surface area contributed by atoms with Gasteiger partial charge in [0.2, 0.25) is 0 Å². The van der Waals surface area contributed by atoms with Crippen molar-refractivity contribution < 1.29 is 29.0 Å². The van der Waals surface area contributed by atoms with Gasteiger partial charge in [-0.2, -0.15) is 0 Å². The van der Waals surface area contributed by atoms with E-state index in [9.17, 15) is 19.2 Å². The van der Waals surface area contributed by atoms with Crippen LogP contribution in [0.25, 0.3) is 6.08 Å². The summed E-state index contributed by atoms with van der Waals surface area (Å²) in [6, 6.07) is 9.35. The molecule has 0 radical (unpaired) electrons. The van der Waals surface area contributed by atoms with E-state index in [-0.39, 0.29) is 16.3 Å². The van der Waals surface area contributed by atoms with Gasteiger partial charge in [0.25, 0.3) is 11.8 Å². The van der Waals surface area contributed by atoms with E-state index in [2.05, 4.69) is 5.32 Å². The molecular formula is C20H14Cl2N2O6. The zero-order valence-corrected chi connectivity index (χ0v) is 16.9. The highest BCUT2D eigenvalue weighted by Crippen LogP contribution is 2.31. The number of anilines is 1. The summed E-state index contributed by atoms with van der Waals surface area (Å²) in [5, 5.41) is 11.4. The molecule has 0 bridgehead atoms. The Morgan fingerprint density at radius 3 is 2.40 bits per heavy atom. The molecule has 0 saturated carbocycles. The topological polar surface area (TPSA) is 113 Å². The minimum absolute atomic E-state index is 0.0637. The standard InChI is InChI=1S/C20H14Cl2N2O6/c1-10(19(27)28)30-13-5-2-11(3-6-13)8-14-17(25)23-20(29)24(18(14)26)16-7-4-12(21)9-15(16)22/h2-10H,1H3,(H,27,28)(H,23,25,29)/b14-8+/t10-/m0/s1. The third kappa shape index (κ3) is 4.45. The van der Waals surface area contributed by atoms with Crippen molar-refractivity contribution in [1.82, 2.24) is 5.32 Å². The Balaban J connectivity index is 1.90. The highest BCUT2D eigenvalue weighted by Gasteiger charge is 2.37. The maximum absolute atomic E-state index is 12.9. The first-order chi connectivity index (χ1) is 14.2. The van der Waals surface area contributed by atoms with Crippen LogP contribution in [0.4, 0.5) is 10.5 Å². The van der Waals surface area contributed by atoms with E-state index in [1.807, 2.05) is 0 Å². The van der Waals surface area contributed by atoms with Crippen LogP contribution in [-0.4, -0.2) is 35.0 Å². The lowest BCUT2D eigenvalue weighted by Gasteiger charge is -2.27. The summed E-state index contributed by atoms with van der Waals surface area (Å²) in [5.74, 6) is -2.52. The van der Waals surface area contributed by atoms with Crippen molar-refractivity contribution in [3.8, 4) is 5.75 Å². The molecule has 1 saturated heterocycles. The van der Waals surface area contributed by atoms with Crippen LogP contribution in [0, 0.1) is 0 Å². The van der Waals surface area contributed by atoms with E-state index in [0.717, 1.165) is 4.90 Å². The quantitative estimate of drug-likeness (QED) is 0.534. The average Bonchev–Trinajstić information content (AvgIpc) is 2.67. The van der Waals surface area contributed by atoms with Crippen molar-refractivity contribution >= 4 is 58.8 Å². The average molecular weight is 449 g/mol. The fourth-order valence-corrected chi connectivity index (χ4v) is 3.10. The number of amides is 4. The number of ether oxygens (including phenoxy) is 1. The first-order valence-corrected chi connectivity index (χ1v) is 9.29. The molecule has 10 heteroatoms. The second kappa shape index (κ2) is 8.56. The number of carbonyl (C=O) groups is 4. The molecule has 0 aromatic heterocycles. The van der Waals surface area contributed by atoms with E-state index in [1.54, 1.807) is 0 Å². The lowest BCUT2D eigenvalue weighted by atomic mass is 10.1. The van der Waals surface area contributed by atoms with Gasteiger partial charge < -0.3 is 9.84 Å². The Hall–Kier alpha value is -3.36. The van der Waals surface area contributed by atoms with E-state index in [1.165, 1.54) is 55.5 Å². The number of nitrogens with one attached hydrogen (secondary N) is 1. The molecule has 1 fully saturated rings. The summed E-state index contributed by atoms with van der Waals surface area (Å²) in [4.78, 5) is 48.9. The summed E-state index contributed by atoms with van der Waals surface area (Å²) in [6.45, 7) is 1.39. The molecule has 2 aromatic carbocycles. The van der Waals surface area contributed by atoms with Gasteiger partial charge in [-0.3, -0.25) is 14.9 Å². The van der Waals surface area contributed by atoms with Crippen LogP contribution in [0.3, 0.4) is 0 Å². The highest BCUT2D eigenvalue weighted by molar-refractivity contribution is 6.42. The van der Waals surface area contributed by atoms with Gasteiger partial charge in [-0.15, -0.1) is 0 Å². The second-order valence-corrected chi connectivity index (χ2v) is 7.06. The van der Waals surface area contributed by atoms with Crippen molar-refractivity contribution in [2.75, 3.05) is 4.90 Å². The largest absolute Gasteiger partial charge is 0.479 e. The number of benzene rings is 2. The van der Waals surface area contributed by atoms with Crippen molar-refractivity contribution in [2.45, 2.75) is 13.0 Å². The number of carboxylic acid groups (broad SMARTS) is 1. The van der Waals surface area contributed by atoms with Gasteiger partial charge in [0.15, 0.2) is 6.10 Å². The maximum Gasteiger partial charge on any atom is 0.344 e. The van der Waals surface area contributed by atoms with Gasteiger partial charge in [-0.25, -0.2) is 14.5 Å². The van der Waals surface area contributed by atoms with Gasteiger partial charge in [0.1, 0.15) is 11.3 Å². The zero-order valence-electron chi connectivity index (χ0n) is 15.4. The van der Waals surface area contributed by atoms with Crippen LogP contribution < -0.4 is 15.0 Å². The fourth-order valence-electron chi connectivity index (χ4n) is 2.60. The van der Waals surface area contributed by atoms with Gasteiger partial charge in [-0.05, 0) is 48.9 Å². The first kappa shape index (κ1) is 21.4. The number of rotatable bonds is 5. The third-order valence-corrected chi connectivity index (χ3v) is 4.64. The Morgan fingerprint density at radius 1 is 1.13 bits per heavy atom. The lowest BCUT2D eigenvalue weighted by molar-refractivity contribution is -0.144. The number of urea groups is 1. The molecule has 0 aliphatic carbocycles. The van der Waals surface area contributed by atoms with E-state index in [0.29, 0.717) is 16.3 Å². The molecule has 0 spiro atoms. The second-order valence-electron chi connectivity index (χ2n) is 6.22. The number of nitrogens with zero attached hydrogens (tertiary/aromatic N) is 1. The SMILES string of the molecule is C[C@H](Oc1ccc(/C=C2\C(=O)NC(=O)N(c3ccc(Cl)cc3Cl)C2=O)cc1)C(=O)O. The molecule has 1 heterocycles. The van der Waals surface area contributed by atoms with Crippen molar-refractivity contribution in [2.24, 2.45) is 0 Å². The summed E-state index contributed by atoms with van der Waals surface area (Å²) in [7, 11) is 0. The van der Waals surface area contributed by atoms with Crippen LogP contribution in [-0.2, 0) is 14.4 Å². The Labute approximate surface area is 180 Å². The van der Waals surface area contributed by atoms with Crippen LogP contribution in [0.1, 0.15) is 12.5 Å². The van der Waals surface area contributed by atoms with Crippen LogP contribution >= 0.6 is 23.2 Å². The molecule has 2 aromatic rings. The summed E-state index contributed by atoms with van der Waals surface area (Å²) >= 11 is 12.0. The molecule has 1 aliphatic rings. The Morgan fingerprint density at radius 2 is 1.80 bits per heavy atom. The molecule has 8 nitrogen and oxygen atoms in total. The van der Waals surface area contributed by atoms with Crippen molar-refractivity contribution in [3.05, 3.63) is 63.6 Å². The fraction of sp³-hybridized carbons (Fsp3) is 0.100. The van der Waals surface area contributed by atoms with Crippen LogP contribution in [0.5, 0.6) is 5.75 Å². The number of halogens is 2. The number of carboxylic acids is 1. The zero-order chi connectivity index (χ0) is 22.0. The monoisotopic (exact) mass is 448 g/mol. The number of aliphatic carboxylic acids is 1. The molecule has 4 amide bonds. The van der Waals surface area contributed by atoms with Crippen molar-refractivity contribution in [1.29, 1.82) is 0 Å². The minimum atomic E-state index is -1.11. The Bertz CT molecular complexity index is 1080.